The maximum Gasteiger partial charge on any atom is 0.0590 e. The summed E-state index contributed by atoms with van der Waals surface area (Å²) in [6.45, 7) is 4.55. The molecule has 4 heteroatoms. The van der Waals surface area contributed by atoms with Crippen molar-refractivity contribution in [1.82, 2.24) is 10.3 Å². The number of pyridine rings is 1. The van der Waals surface area contributed by atoms with Crippen LogP contribution in [0.15, 0.2) is 22.9 Å². The molecule has 2 rings (SSSR count). The monoisotopic (exact) mass is 283 g/mol. The molecule has 2 atom stereocenters. The van der Waals surface area contributed by atoms with Gasteiger partial charge in [0.25, 0.3) is 0 Å². The van der Waals surface area contributed by atoms with Crippen LogP contribution in [-0.2, 0) is 0 Å². The molecule has 1 fully saturated rings. The average molecular weight is 284 g/mol. The summed E-state index contributed by atoms with van der Waals surface area (Å²) in [4.78, 5) is 4.07. The van der Waals surface area contributed by atoms with E-state index in [9.17, 15) is 0 Å². The number of nitrogens with zero attached hydrogens (tertiary/aromatic N) is 1. The summed E-state index contributed by atoms with van der Waals surface area (Å²) in [6, 6.07) is 2.50. The first kappa shape index (κ1) is 11.9. The highest BCUT2D eigenvalue weighted by Crippen LogP contribution is 2.24. The number of anilines is 1. The molecule has 88 valence electrons. The van der Waals surface area contributed by atoms with Crippen molar-refractivity contribution in [1.29, 1.82) is 0 Å². The average Bonchev–Trinajstić information content (AvgIpc) is 2.33. The predicted molar refractivity (Wildman–Crippen MR) is 70.6 cm³/mol. The zero-order valence-corrected chi connectivity index (χ0v) is 11.1. The summed E-state index contributed by atoms with van der Waals surface area (Å²) in [6.07, 6.45) is 6.24. The number of nitrogens with one attached hydrogen (secondary N) is 2. The molecule has 1 aliphatic rings. The van der Waals surface area contributed by atoms with Crippen LogP contribution in [0.3, 0.4) is 0 Å². The molecule has 0 aromatic carbocycles. The van der Waals surface area contributed by atoms with Gasteiger partial charge in [-0.3, -0.25) is 4.98 Å². The molecule has 0 aliphatic carbocycles. The normalized spacial score (nSPS) is 22.8. The van der Waals surface area contributed by atoms with Gasteiger partial charge in [0.05, 0.1) is 10.2 Å². The Balaban J connectivity index is 1.96. The molecule has 16 heavy (non-hydrogen) atoms. The lowest BCUT2D eigenvalue weighted by molar-refractivity contribution is 0.347. The summed E-state index contributed by atoms with van der Waals surface area (Å²) in [7, 11) is 0. The van der Waals surface area contributed by atoms with Crippen molar-refractivity contribution in [3.8, 4) is 0 Å². The van der Waals surface area contributed by atoms with E-state index in [4.69, 9.17) is 0 Å². The molecule has 0 radical (unpaired) electrons. The van der Waals surface area contributed by atoms with E-state index in [0.29, 0.717) is 12.0 Å². The predicted octanol–water partition coefficient (Wildman–Crippen LogP) is 2.64. The van der Waals surface area contributed by atoms with Crippen molar-refractivity contribution in [3.05, 3.63) is 22.9 Å². The lowest BCUT2D eigenvalue weighted by atomic mass is 9.93. The number of aromatic nitrogens is 1. The standard InChI is InChI=1S/C12H18BrN3/c1-9(10-3-2-5-14-7-10)16-12-4-6-15-8-11(12)13/h4,6,8-10,14H,2-3,5,7H2,1H3,(H,15,16). The van der Waals surface area contributed by atoms with Crippen LogP contribution in [0.25, 0.3) is 0 Å². The van der Waals surface area contributed by atoms with Gasteiger partial charge in [-0.05, 0) is 60.8 Å². The van der Waals surface area contributed by atoms with Crippen LogP contribution in [0.5, 0.6) is 0 Å². The van der Waals surface area contributed by atoms with Crippen LogP contribution in [-0.4, -0.2) is 24.1 Å². The lowest BCUT2D eigenvalue weighted by Crippen LogP contribution is -2.38. The molecule has 0 saturated carbocycles. The van der Waals surface area contributed by atoms with Gasteiger partial charge >= 0.3 is 0 Å². The largest absolute Gasteiger partial charge is 0.381 e. The van der Waals surface area contributed by atoms with Crippen LogP contribution >= 0.6 is 15.9 Å². The molecule has 1 aromatic heterocycles. The minimum atomic E-state index is 0.492. The molecule has 0 bridgehead atoms. The maximum absolute atomic E-state index is 4.07. The highest BCUT2D eigenvalue weighted by Gasteiger charge is 2.19. The molecule has 1 aliphatic heterocycles. The highest BCUT2D eigenvalue weighted by atomic mass is 79.9. The summed E-state index contributed by atoms with van der Waals surface area (Å²) < 4.78 is 1.03. The van der Waals surface area contributed by atoms with Crippen LogP contribution < -0.4 is 10.6 Å². The third kappa shape index (κ3) is 2.95. The van der Waals surface area contributed by atoms with E-state index in [0.717, 1.165) is 16.7 Å². The Labute approximate surface area is 105 Å². The molecular formula is C12H18BrN3. The first-order chi connectivity index (χ1) is 7.77. The summed E-state index contributed by atoms with van der Waals surface area (Å²) in [5.74, 6) is 0.716. The third-order valence-corrected chi connectivity index (χ3v) is 3.83. The number of hydrogen-bond acceptors (Lipinski definition) is 3. The highest BCUT2D eigenvalue weighted by molar-refractivity contribution is 9.10. The van der Waals surface area contributed by atoms with Crippen molar-refractivity contribution in [3.63, 3.8) is 0 Å². The molecular weight excluding hydrogens is 266 g/mol. The van der Waals surface area contributed by atoms with Gasteiger partial charge in [-0.25, -0.2) is 0 Å². The number of rotatable bonds is 3. The Morgan fingerprint density at radius 3 is 3.19 bits per heavy atom. The quantitative estimate of drug-likeness (QED) is 0.896. The zero-order valence-electron chi connectivity index (χ0n) is 9.54. The van der Waals surface area contributed by atoms with Crippen molar-refractivity contribution in [2.75, 3.05) is 18.4 Å². The third-order valence-electron chi connectivity index (χ3n) is 3.20. The Morgan fingerprint density at radius 2 is 2.50 bits per heavy atom. The van der Waals surface area contributed by atoms with E-state index in [-0.39, 0.29) is 0 Å². The first-order valence-electron chi connectivity index (χ1n) is 5.84. The Kier molecular flexibility index (Phi) is 4.18. The van der Waals surface area contributed by atoms with E-state index in [1.807, 2.05) is 18.5 Å². The van der Waals surface area contributed by atoms with E-state index in [1.54, 1.807) is 0 Å². The van der Waals surface area contributed by atoms with Crippen LogP contribution in [0.4, 0.5) is 5.69 Å². The number of halogens is 1. The van der Waals surface area contributed by atoms with Crippen LogP contribution in [0.1, 0.15) is 19.8 Å². The van der Waals surface area contributed by atoms with Gasteiger partial charge in [-0.15, -0.1) is 0 Å². The van der Waals surface area contributed by atoms with Gasteiger partial charge < -0.3 is 10.6 Å². The fraction of sp³-hybridized carbons (Fsp3) is 0.583. The van der Waals surface area contributed by atoms with Gasteiger partial charge in [-0.1, -0.05) is 0 Å². The van der Waals surface area contributed by atoms with Crippen molar-refractivity contribution in [2.45, 2.75) is 25.8 Å². The van der Waals surface area contributed by atoms with E-state index < -0.39 is 0 Å². The first-order valence-corrected chi connectivity index (χ1v) is 6.63. The van der Waals surface area contributed by atoms with Crippen molar-refractivity contribution >= 4 is 21.6 Å². The number of piperidine rings is 1. The van der Waals surface area contributed by atoms with E-state index >= 15 is 0 Å². The SMILES string of the molecule is CC(Nc1ccncc1Br)C1CCCNC1. The molecule has 2 unspecified atom stereocenters. The molecule has 2 N–H and O–H groups in total. The summed E-state index contributed by atoms with van der Waals surface area (Å²) in [5, 5.41) is 7.01. The van der Waals surface area contributed by atoms with Gasteiger partial charge in [0, 0.05) is 18.4 Å². The second kappa shape index (κ2) is 5.64. The summed E-state index contributed by atoms with van der Waals surface area (Å²) >= 11 is 3.51. The van der Waals surface area contributed by atoms with Crippen molar-refractivity contribution < 1.29 is 0 Å². The minimum Gasteiger partial charge on any atom is -0.381 e. The smallest absolute Gasteiger partial charge is 0.0590 e. The fourth-order valence-corrected chi connectivity index (χ4v) is 2.53. The van der Waals surface area contributed by atoms with Crippen LogP contribution in [0.2, 0.25) is 0 Å². The van der Waals surface area contributed by atoms with Gasteiger partial charge in [-0.2, -0.15) is 0 Å². The van der Waals surface area contributed by atoms with Gasteiger partial charge in [0.1, 0.15) is 0 Å². The minimum absolute atomic E-state index is 0.492. The van der Waals surface area contributed by atoms with Crippen LogP contribution in [0, 0.1) is 5.92 Å². The Hall–Kier alpha value is -0.610. The number of hydrogen-bond donors (Lipinski definition) is 2. The fourth-order valence-electron chi connectivity index (χ4n) is 2.16. The Bertz CT molecular complexity index is 337. The molecule has 3 nitrogen and oxygen atoms in total. The molecule has 0 amide bonds. The van der Waals surface area contributed by atoms with Crippen molar-refractivity contribution in [2.24, 2.45) is 5.92 Å². The summed E-state index contributed by atoms with van der Waals surface area (Å²) in [5.41, 5.74) is 1.13. The van der Waals surface area contributed by atoms with Gasteiger partial charge in [0.15, 0.2) is 0 Å². The second-order valence-corrected chi connectivity index (χ2v) is 5.25. The zero-order chi connectivity index (χ0) is 11.4. The molecule has 2 heterocycles. The molecule has 0 spiro atoms. The van der Waals surface area contributed by atoms with E-state index in [2.05, 4.69) is 38.5 Å². The maximum atomic E-state index is 4.07. The topological polar surface area (TPSA) is 37.0 Å². The van der Waals surface area contributed by atoms with Gasteiger partial charge in [0.2, 0.25) is 0 Å². The Morgan fingerprint density at radius 1 is 1.62 bits per heavy atom. The van der Waals surface area contributed by atoms with E-state index in [1.165, 1.54) is 19.4 Å². The molecule has 1 aromatic rings. The molecule has 1 saturated heterocycles. The lowest BCUT2D eigenvalue weighted by Gasteiger charge is -2.29. The second-order valence-electron chi connectivity index (χ2n) is 4.39.